The molecule has 3 rings (SSSR count). The van der Waals surface area contributed by atoms with Crippen molar-refractivity contribution in [1.29, 1.82) is 0 Å². The third kappa shape index (κ3) is 5.29. The molecular formula is C21H23N3O4S. The molecular weight excluding hydrogens is 390 g/mol. The van der Waals surface area contributed by atoms with Crippen LogP contribution in [0.2, 0.25) is 0 Å². The lowest BCUT2D eigenvalue weighted by Crippen LogP contribution is -2.02. The number of ether oxygens (including phenoxy) is 2. The number of rotatable bonds is 10. The van der Waals surface area contributed by atoms with Gasteiger partial charge in [-0.3, -0.25) is 0 Å². The minimum Gasteiger partial charge on any atom is -0.497 e. The molecule has 0 radical (unpaired) electrons. The maximum absolute atomic E-state index is 10.9. The predicted molar refractivity (Wildman–Crippen MR) is 112 cm³/mol. The molecule has 0 saturated carbocycles. The molecule has 152 valence electrons. The van der Waals surface area contributed by atoms with E-state index in [1.54, 1.807) is 31.0 Å². The zero-order valence-corrected chi connectivity index (χ0v) is 17.2. The highest BCUT2D eigenvalue weighted by molar-refractivity contribution is 7.99. The van der Waals surface area contributed by atoms with Gasteiger partial charge in [0.15, 0.2) is 11.0 Å². The first-order chi connectivity index (χ1) is 14.1. The standard InChI is InChI=1S/C21H23N3O4S/c1-3-24-19(15-5-9-17(27-2)10-6-15)22-23-21(24)29-14-4-13-28-18-11-7-16(8-12-18)20(25)26/h5-12H,3-4,13-14H2,1-2H3,(H,25,26). The maximum Gasteiger partial charge on any atom is 0.335 e. The van der Waals surface area contributed by atoms with E-state index >= 15 is 0 Å². The van der Waals surface area contributed by atoms with E-state index in [0.29, 0.717) is 12.4 Å². The van der Waals surface area contributed by atoms with Gasteiger partial charge in [-0.05, 0) is 61.9 Å². The number of carboxylic acids is 1. The highest BCUT2D eigenvalue weighted by Crippen LogP contribution is 2.26. The van der Waals surface area contributed by atoms with Crippen LogP contribution in [0.5, 0.6) is 11.5 Å². The van der Waals surface area contributed by atoms with Crippen LogP contribution < -0.4 is 9.47 Å². The van der Waals surface area contributed by atoms with Gasteiger partial charge in [0.05, 0.1) is 19.3 Å². The van der Waals surface area contributed by atoms with Crippen LogP contribution in [-0.2, 0) is 6.54 Å². The number of aromatic carboxylic acids is 1. The summed E-state index contributed by atoms with van der Waals surface area (Å²) in [6, 6.07) is 14.2. The average Bonchev–Trinajstić information content (AvgIpc) is 3.16. The smallest absolute Gasteiger partial charge is 0.335 e. The van der Waals surface area contributed by atoms with Gasteiger partial charge in [-0.15, -0.1) is 10.2 Å². The fourth-order valence-electron chi connectivity index (χ4n) is 2.74. The van der Waals surface area contributed by atoms with Gasteiger partial charge in [0, 0.05) is 17.9 Å². The van der Waals surface area contributed by atoms with Crippen molar-refractivity contribution in [2.75, 3.05) is 19.5 Å². The van der Waals surface area contributed by atoms with Gasteiger partial charge in [0.1, 0.15) is 11.5 Å². The Morgan fingerprint density at radius 3 is 2.38 bits per heavy atom. The summed E-state index contributed by atoms with van der Waals surface area (Å²) in [5, 5.41) is 18.5. The molecule has 0 spiro atoms. The molecule has 2 aromatic carbocycles. The number of methoxy groups -OCH3 is 1. The van der Waals surface area contributed by atoms with Gasteiger partial charge >= 0.3 is 5.97 Å². The van der Waals surface area contributed by atoms with Crippen LogP contribution in [0, 0.1) is 0 Å². The van der Waals surface area contributed by atoms with E-state index in [2.05, 4.69) is 21.7 Å². The molecule has 0 atom stereocenters. The normalized spacial score (nSPS) is 10.7. The quantitative estimate of drug-likeness (QED) is 0.393. The van der Waals surface area contributed by atoms with Crippen molar-refractivity contribution in [2.24, 2.45) is 0 Å². The van der Waals surface area contributed by atoms with Crippen LogP contribution in [-0.4, -0.2) is 45.3 Å². The van der Waals surface area contributed by atoms with Crippen molar-refractivity contribution in [3.05, 3.63) is 54.1 Å². The summed E-state index contributed by atoms with van der Waals surface area (Å²) in [7, 11) is 1.65. The molecule has 0 aliphatic heterocycles. The monoisotopic (exact) mass is 413 g/mol. The predicted octanol–water partition coefficient (Wildman–Crippen LogP) is 4.23. The first-order valence-corrected chi connectivity index (χ1v) is 10.3. The minimum absolute atomic E-state index is 0.250. The molecule has 0 unspecified atom stereocenters. The first-order valence-electron chi connectivity index (χ1n) is 9.29. The average molecular weight is 413 g/mol. The van der Waals surface area contributed by atoms with Crippen molar-refractivity contribution in [3.63, 3.8) is 0 Å². The third-order valence-electron chi connectivity index (χ3n) is 4.27. The Bertz CT molecular complexity index is 940. The van der Waals surface area contributed by atoms with Crippen LogP contribution in [0.25, 0.3) is 11.4 Å². The first kappa shape index (κ1) is 20.7. The number of hydrogen-bond donors (Lipinski definition) is 1. The molecule has 1 aromatic heterocycles. The summed E-state index contributed by atoms with van der Waals surface area (Å²) in [5.41, 5.74) is 1.25. The second-order valence-corrected chi connectivity index (χ2v) is 7.22. The topological polar surface area (TPSA) is 86.5 Å². The number of hydrogen-bond acceptors (Lipinski definition) is 6. The van der Waals surface area contributed by atoms with Crippen LogP contribution >= 0.6 is 11.8 Å². The number of carboxylic acid groups (broad SMARTS) is 1. The Morgan fingerprint density at radius 1 is 1.07 bits per heavy atom. The van der Waals surface area contributed by atoms with Crippen molar-refractivity contribution in [3.8, 4) is 22.9 Å². The van der Waals surface area contributed by atoms with Gasteiger partial charge in [-0.25, -0.2) is 4.79 Å². The van der Waals surface area contributed by atoms with E-state index in [-0.39, 0.29) is 5.56 Å². The fraction of sp³-hybridized carbons (Fsp3) is 0.286. The molecule has 3 aromatic rings. The summed E-state index contributed by atoms with van der Waals surface area (Å²) >= 11 is 1.64. The maximum atomic E-state index is 10.9. The zero-order valence-electron chi connectivity index (χ0n) is 16.4. The van der Waals surface area contributed by atoms with E-state index in [9.17, 15) is 4.79 Å². The Labute approximate surface area is 173 Å². The molecule has 0 aliphatic rings. The lowest BCUT2D eigenvalue weighted by molar-refractivity contribution is 0.0697. The molecule has 8 heteroatoms. The van der Waals surface area contributed by atoms with Gasteiger partial charge in [0.25, 0.3) is 0 Å². The lowest BCUT2D eigenvalue weighted by atomic mass is 10.2. The van der Waals surface area contributed by atoms with Gasteiger partial charge in [-0.1, -0.05) is 11.8 Å². The van der Waals surface area contributed by atoms with Gasteiger partial charge in [-0.2, -0.15) is 0 Å². The second kappa shape index (κ2) is 9.97. The molecule has 0 aliphatic carbocycles. The van der Waals surface area contributed by atoms with Crippen molar-refractivity contribution in [1.82, 2.24) is 14.8 Å². The Morgan fingerprint density at radius 2 is 1.76 bits per heavy atom. The number of carbonyl (C=O) groups is 1. The molecule has 0 fully saturated rings. The van der Waals surface area contributed by atoms with Gasteiger partial charge in [0.2, 0.25) is 0 Å². The SMILES string of the molecule is CCn1c(SCCCOc2ccc(C(=O)O)cc2)nnc1-c1ccc(OC)cc1. The van der Waals surface area contributed by atoms with Crippen LogP contribution in [0.3, 0.4) is 0 Å². The minimum atomic E-state index is -0.943. The van der Waals surface area contributed by atoms with E-state index in [4.69, 9.17) is 14.6 Å². The summed E-state index contributed by atoms with van der Waals surface area (Å²) in [4.78, 5) is 10.9. The largest absolute Gasteiger partial charge is 0.497 e. The number of nitrogens with zero attached hydrogens (tertiary/aromatic N) is 3. The lowest BCUT2D eigenvalue weighted by Gasteiger charge is -2.08. The Balaban J connectivity index is 1.51. The van der Waals surface area contributed by atoms with Crippen LogP contribution in [0.15, 0.2) is 53.7 Å². The van der Waals surface area contributed by atoms with E-state index in [1.807, 2.05) is 24.3 Å². The molecule has 0 saturated heterocycles. The molecule has 1 N–H and O–H groups in total. The molecule has 29 heavy (non-hydrogen) atoms. The van der Waals surface area contributed by atoms with Crippen molar-refractivity contribution < 1.29 is 19.4 Å². The van der Waals surface area contributed by atoms with Gasteiger partial charge < -0.3 is 19.1 Å². The van der Waals surface area contributed by atoms with E-state index in [1.165, 1.54) is 12.1 Å². The number of thioether (sulfide) groups is 1. The molecule has 7 nitrogen and oxygen atoms in total. The Kier molecular flexibility index (Phi) is 7.13. The summed E-state index contributed by atoms with van der Waals surface area (Å²) in [5.74, 6) is 2.21. The molecule has 0 bridgehead atoms. The number of aromatic nitrogens is 3. The highest BCUT2D eigenvalue weighted by Gasteiger charge is 2.13. The van der Waals surface area contributed by atoms with Crippen molar-refractivity contribution in [2.45, 2.75) is 25.0 Å². The number of benzene rings is 2. The fourth-order valence-corrected chi connectivity index (χ4v) is 3.66. The van der Waals surface area contributed by atoms with E-state index in [0.717, 1.165) is 41.0 Å². The summed E-state index contributed by atoms with van der Waals surface area (Å²) < 4.78 is 13.0. The van der Waals surface area contributed by atoms with E-state index < -0.39 is 5.97 Å². The molecule has 1 heterocycles. The summed E-state index contributed by atoms with van der Waals surface area (Å²) in [6.07, 6.45) is 0.833. The zero-order chi connectivity index (χ0) is 20.6. The Hall–Kier alpha value is -3.00. The van der Waals surface area contributed by atoms with Crippen LogP contribution in [0.1, 0.15) is 23.7 Å². The summed E-state index contributed by atoms with van der Waals surface area (Å²) in [6.45, 7) is 3.40. The highest BCUT2D eigenvalue weighted by atomic mass is 32.2. The van der Waals surface area contributed by atoms with Crippen LogP contribution in [0.4, 0.5) is 0 Å². The second-order valence-electron chi connectivity index (χ2n) is 6.16. The molecule has 0 amide bonds. The third-order valence-corrected chi connectivity index (χ3v) is 5.32. The van der Waals surface area contributed by atoms with Crippen molar-refractivity contribution >= 4 is 17.7 Å².